The number of nitrogens with zero attached hydrogens (tertiary/aromatic N) is 5. The van der Waals surface area contributed by atoms with E-state index in [0.29, 0.717) is 19.5 Å². The van der Waals surface area contributed by atoms with Crippen molar-refractivity contribution in [2.45, 2.75) is 31.8 Å². The first kappa shape index (κ1) is 15.4. The van der Waals surface area contributed by atoms with Gasteiger partial charge in [0.1, 0.15) is 12.1 Å². The highest BCUT2D eigenvalue weighted by atomic mass is 19.1. The van der Waals surface area contributed by atoms with Crippen molar-refractivity contribution in [2.24, 2.45) is 0 Å². The summed E-state index contributed by atoms with van der Waals surface area (Å²) in [7, 11) is 0. The Kier molecular flexibility index (Phi) is 4.80. The monoisotopic (exact) mass is 318 g/mol. The van der Waals surface area contributed by atoms with Crippen LogP contribution in [-0.2, 0) is 11.3 Å². The van der Waals surface area contributed by atoms with Crippen LogP contribution in [0, 0.1) is 5.82 Å². The van der Waals surface area contributed by atoms with Crippen molar-refractivity contribution < 1.29 is 9.18 Å². The van der Waals surface area contributed by atoms with E-state index in [0.717, 1.165) is 25.1 Å². The fraction of sp³-hybridized carbons (Fsp3) is 0.467. The molecule has 1 atom stereocenters. The maximum atomic E-state index is 12.9. The summed E-state index contributed by atoms with van der Waals surface area (Å²) in [6, 6.07) is 6.48. The summed E-state index contributed by atoms with van der Waals surface area (Å²) in [4.78, 5) is 14.2. The van der Waals surface area contributed by atoms with Crippen LogP contribution in [0.25, 0.3) is 0 Å². The SMILES string of the molecule is O=C(CCn1cnnn1)N1CCC[C@@H](Nc2ccc(F)cc2)C1. The standard InChI is InChI=1S/C15H19FN6O/c16-12-3-5-13(6-4-12)18-14-2-1-8-21(10-14)15(23)7-9-22-11-17-19-20-22/h3-6,11,14,18H,1-2,7-10H2/t14-/m1/s1. The van der Waals surface area contributed by atoms with Crippen molar-refractivity contribution in [2.75, 3.05) is 18.4 Å². The lowest BCUT2D eigenvalue weighted by Crippen LogP contribution is -2.45. The third kappa shape index (κ3) is 4.24. The largest absolute Gasteiger partial charge is 0.381 e. The number of likely N-dealkylation sites (tertiary alicyclic amines) is 1. The second-order valence-corrected chi connectivity index (χ2v) is 5.65. The van der Waals surface area contributed by atoms with E-state index >= 15 is 0 Å². The van der Waals surface area contributed by atoms with Crippen LogP contribution in [0.3, 0.4) is 0 Å². The van der Waals surface area contributed by atoms with Crippen LogP contribution in [0.15, 0.2) is 30.6 Å². The van der Waals surface area contributed by atoms with Crippen molar-refractivity contribution in [1.82, 2.24) is 25.1 Å². The van der Waals surface area contributed by atoms with Gasteiger partial charge in [0, 0.05) is 31.2 Å². The number of aryl methyl sites for hydroxylation is 1. The van der Waals surface area contributed by atoms with Gasteiger partial charge < -0.3 is 10.2 Å². The van der Waals surface area contributed by atoms with Crippen LogP contribution in [0.2, 0.25) is 0 Å². The molecule has 3 rings (SSSR count). The third-order valence-electron chi connectivity index (χ3n) is 3.94. The van der Waals surface area contributed by atoms with Crippen molar-refractivity contribution in [3.05, 3.63) is 36.4 Å². The topological polar surface area (TPSA) is 75.9 Å². The summed E-state index contributed by atoms with van der Waals surface area (Å²) >= 11 is 0. The molecule has 0 radical (unpaired) electrons. The smallest absolute Gasteiger partial charge is 0.224 e. The number of nitrogens with one attached hydrogen (secondary N) is 1. The number of rotatable bonds is 5. The highest BCUT2D eigenvalue weighted by molar-refractivity contribution is 5.76. The van der Waals surface area contributed by atoms with Crippen LogP contribution in [0.5, 0.6) is 0 Å². The number of amides is 1. The van der Waals surface area contributed by atoms with E-state index in [1.165, 1.54) is 18.5 Å². The Morgan fingerprint density at radius 1 is 1.35 bits per heavy atom. The molecule has 7 nitrogen and oxygen atoms in total. The predicted octanol–water partition coefficient (Wildman–Crippen LogP) is 1.31. The summed E-state index contributed by atoms with van der Waals surface area (Å²) in [6.45, 7) is 1.92. The Hall–Kier alpha value is -2.51. The molecule has 1 amide bonds. The van der Waals surface area contributed by atoms with Gasteiger partial charge in [0.05, 0.1) is 6.54 Å². The first-order valence-corrected chi connectivity index (χ1v) is 7.71. The van der Waals surface area contributed by atoms with Crippen molar-refractivity contribution in [3.63, 3.8) is 0 Å². The molecule has 1 saturated heterocycles. The number of hydrogen-bond acceptors (Lipinski definition) is 5. The lowest BCUT2D eigenvalue weighted by molar-refractivity contribution is -0.132. The van der Waals surface area contributed by atoms with Gasteiger partial charge in [0.15, 0.2) is 0 Å². The molecule has 0 unspecified atom stereocenters. The van der Waals surface area contributed by atoms with Crippen molar-refractivity contribution in [1.29, 1.82) is 0 Å². The maximum Gasteiger partial charge on any atom is 0.224 e. The Bertz CT molecular complexity index is 630. The average molecular weight is 318 g/mol. The van der Waals surface area contributed by atoms with Crippen molar-refractivity contribution >= 4 is 11.6 Å². The van der Waals surface area contributed by atoms with Gasteiger partial charge in [-0.1, -0.05) is 0 Å². The normalized spacial score (nSPS) is 18.0. The molecule has 0 bridgehead atoms. The fourth-order valence-corrected chi connectivity index (χ4v) is 2.75. The first-order valence-electron chi connectivity index (χ1n) is 7.71. The zero-order chi connectivity index (χ0) is 16.1. The molecule has 8 heteroatoms. The minimum atomic E-state index is -0.251. The Balaban J connectivity index is 1.51. The molecule has 2 heterocycles. The van der Waals surface area contributed by atoms with E-state index in [1.54, 1.807) is 16.8 Å². The lowest BCUT2D eigenvalue weighted by atomic mass is 10.0. The maximum absolute atomic E-state index is 12.9. The van der Waals surface area contributed by atoms with Gasteiger partial charge >= 0.3 is 0 Å². The Morgan fingerprint density at radius 2 is 2.17 bits per heavy atom. The van der Waals surface area contributed by atoms with E-state index in [1.807, 2.05) is 4.90 Å². The number of anilines is 1. The zero-order valence-corrected chi connectivity index (χ0v) is 12.7. The summed E-state index contributed by atoms with van der Waals surface area (Å²) in [5, 5.41) is 14.2. The van der Waals surface area contributed by atoms with Gasteiger partial charge in [-0.05, 0) is 47.5 Å². The molecule has 23 heavy (non-hydrogen) atoms. The minimum absolute atomic E-state index is 0.103. The molecular weight excluding hydrogens is 299 g/mol. The zero-order valence-electron chi connectivity index (χ0n) is 12.7. The van der Waals surface area contributed by atoms with E-state index in [9.17, 15) is 9.18 Å². The molecule has 0 spiro atoms. The molecule has 1 aromatic carbocycles. The average Bonchev–Trinajstić information content (AvgIpc) is 3.08. The van der Waals surface area contributed by atoms with Crippen molar-refractivity contribution in [3.8, 4) is 0 Å². The van der Waals surface area contributed by atoms with E-state index in [4.69, 9.17) is 0 Å². The lowest BCUT2D eigenvalue weighted by Gasteiger charge is -2.33. The van der Waals surface area contributed by atoms with E-state index < -0.39 is 0 Å². The van der Waals surface area contributed by atoms with Gasteiger partial charge in [0.25, 0.3) is 0 Å². The Morgan fingerprint density at radius 3 is 2.91 bits per heavy atom. The Labute approximate surface area is 133 Å². The van der Waals surface area contributed by atoms with Crippen LogP contribution in [0.4, 0.5) is 10.1 Å². The van der Waals surface area contributed by atoms with Gasteiger partial charge in [-0.25, -0.2) is 9.07 Å². The third-order valence-corrected chi connectivity index (χ3v) is 3.94. The molecule has 1 fully saturated rings. The number of halogens is 1. The quantitative estimate of drug-likeness (QED) is 0.899. The molecule has 1 N–H and O–H groups in total. The highest BCUT2D eigenvalue weighted by Crippen LogP contribution is 2.17. The molecule has 122 valence electrons. The number of tetrazole rings is 1. The van der Waals surface area contributed by atoms with Crippen LogP contribution < -0.4 is 5.32 Å². The second-order valence-electron chi connectivity index (χ2n) is 5.65. The molecule has 0 aliphatic carbocycles. The summed E-state index contributed by atoms with van der Waals surface area (Å²) < 4.78 is 14.5. The predicted molar refractivity (Wildman–Crippen MR) is 82.1 cm³/mol. The molecule has 2 aromatic rings. The van der Waals surface area contributed by atoms with Gasteiger partial charge in [-0.15, -0.1) is 5.10 Å². The van der Waals surface area contributed by atoms with E-state index in [2.05, 4.69) is 20.8 Å². The number of benzene rings is 1. The fourth-order valence-electron chi connectivity index (χ4n) is 2.75. The van der Waals surface area contributed by atoms with E-state index in [-0.39, 0.29) is 17.8 Å². The summed E-state index contributed by atoms with van der Waals surface area (Å²) in [6.07, 6.45) is 3.83. The number of aromatic nitrogens is 4. The van der Waals surface area contributed by atoms with Crippen LogP contribution in [0.1, 0.15) is 19.3 Å². The first-order chi connectivity index (χ1) is 11.2. The second kappa shape index (κ2) is 7.17. The number of carbonyl (C=O) groups excluding carboxylic acids is 1. The number of carbonyl (C=O) groups is 1. The van der Waals surface area contributed by atoms with Gasteiger partial charge in [-0.3, -0.25) is 4.79 Å². The summed E-state index contributed by atoms with van der Waals surface area (Å²) in [5.74, 6) is -0.148. The summed E-state index contributed by atoms with van der Waals surface area (Å²) in [5.41, 5.74) is 0.874. The van der Waals surface area contributed by atoms with Crippen LogP contribution in [-0.4, -0.2) is 50.1 Å². The van der Waals surface area contributed by atoms with Crippen LogP contribution >= 0.6 is 0 Å². The molecule has 1 aliphatic heterocycles. The van der Waals surface area contributed by atoms with Gasteiger partial charge in [-0.2, -0.15) is 0 Å². The van der Waals surface area contributed by atoms with Gasteiger partial charge in [0.2, 0.25) is 5.91 Å². The molecular formula is C15H19FN6O. The number of hydrogen-bond donors (Lipinski definition) is 1. The highest BCUT2D eigenvalue weighted by Gasteiger charge is 2.23. The molecule has 0 saturated carbocycles. The number of piperidine rings is 1. The minimum Gasteiger partial charge on any atom is -0.381 e. The molecule has 1 aliphatic rings. The molecule has 1 aromatic heterocycles.